The molecular formula is C22H19NO3S. The summed E-state index contributed by atoms with van der Waals surface area (Å²) in [4.78, 5) is 0.190. The van der Waals surface area contributed by atoms with Crippen molar-refractivity contribution in [2.75, 3.05) is 10.9 Å². The zero-order chi connectivity index (χ0) is 19.1. The Hall–Kier alpha value is -3.23. The van der Waals surface area contributed by atoms with Gasteiger partial charge in [-0.2, -0.15) is 4.31 Å². The summed E-state index contributed by atoms with van der Waals surface area (Å²) in [7, 11) is -3.81. The van der Waals surface area contributed by atoms with Crippen molar-refractivity contribution in [1.82, 2.24) is 0 Å². The molecule has 3 rings (SSSR count). The number of ether oxygens (including phenoxy) is 1. The van der Waals surface area contributed by atoms with Crippen LogP contribution >= 0.6 is 0 Å². The van der Waals surface area contributed by atoms with Gasteiger partial charge in [0.25, 0.3) is 10.0 Å². The van der Waals surface area contributed by atoms with Crippen LogP contribution in [0.5, 0.6) is 5.75 Å². The fourth-order valence-electron chi connectivity index (χ4n) is 2.38. The highest BCUT2D eigenvalue weighted by molar-refractivity contribution is 7.93. The number of aryl methyl sites for hydroxylation is 1. The first-order valence-corrected chi connectivity index (χ1v) is 9.85. The lowest BCUT2D eigenvalue weighted by atomic mass is 10.2. The number of anilines is 1. The zero-order valence-corrected chi connectivity index (χ0v) is 15.7. The van der Waals surface area contributed by atoms with E-state index in [-0.39, 0.29) is 11.5 Å². The van der Waals surface area contributed by atoms with Gasteiger partial charge in [0.15, 0.2) is 6.61 Å². The number of rotatable bonds is 5. The lowest BCUT2D eigenvalue weighted by Crippen LogP contribution is -2.26. The van der Waals surface area contributed by atoms with Gasteiger partial charge in [0.2, 0.25) is 0 Å². The van der Waals surface area contributed by atoms with Crippen LogP contribution in [0.25, 0.3) is 0 Å². The van der Waals surface area contributed by atoms with Gasteiger partial charge in [-0.1, -0.05) is 54.1 Å². The van der Waals surface area contributed by atoms with E-state index in [0.29, 0.717) is 11.4 Å². The molecule has 0 bridgehead atoms. The molecule has 27 heavy (non-hydrogen) atoms. The van der Waals surface area contributed by atoms with Crippen LogP contribution < -0.4 is 9.04 Å². The monoisotopic (exact) mass is 377 g/mol. The minimum atomic E-state index is -3.81. The summed E-state index contributed by atoms with van der Waals surface area (Å²) in [6.07, 6.45) is 0. The van der Waals surface area contributed by atoms with Crippen molar-refractivity contribution in [3.63, 3.8) is 0 Å². The van der Waals surface area contributed by atoms with E-state index in [9.17, 15) is 8.42 Å². The van der Waals surface area contributed by atoms with E-state index >= 15 is 0 Å². The maximum Gasteiger partial charge on any atom is 0.275 e. The van der Waals surface area contributed by atoms with E-state index < -0.39 is 10.0 Å². The maximum absolute atomic E-state index is 13.1. The van der Waals surface area contributed by atoms with Crippen molar-refractivity contribution >= 4 is 15.7 Å². The normalized spacial score (nSPS) is 10.6. The molecule has 0 amide bonds. The van der Waals surface area contributed by atoms with Crippen molar-refractivity contribution in [2.45, 2.75) is 11.8 Å². The van der Waals surface area contributed by atoms with E-state index in [0.717, 1.165) is 9.87 Å². The van der Waals surface area contributed by atoms with Gasteiger partial charge in [-0.3, -0.25) is 0 Å². The Morgan fingerprint density at radius 3 is 2.07 bits per heavy atom. The van der Waals surface area contributed by atoms with Crippen molar-refractivity contribution in [1.29, 1.82) is 0 Å². The lowest BCUT2D eigenvalue weighted by Gasteiger charge is -2.18. The van der Waals surface area contributed by atoms with Gasteiger partial charge in [-0.05, 0) is 49.2 Å². The van der Waals surface area contributed by atoms with Gasteiger partial charge in [0.1, 0.15) is 5.75 Å². The summed E-state index contributed by atoms with van der Waals surface area (Å²) in [6, 6.07) is 27.5. The molecule has 0 aliphatic carbocycles. The van der Waals surface area contributed by atoms with Crippen LogP contribution in [0.1, 0.15) is 5.56 Å². The van der Waals surface area contributed by atoms with Crippen LogP contribution in [0, 0.1) is 18.9 Å². The topological polar surface area (TPSA) is 46.6 Å². The Labute approximate surface area is 160 Å². The fraction of sp³-hybridized carbons (Fsp3) is 0.0909. The molecule has 0 saturated carbocycles. The molecule has 0 N–H and O–H groups in total. The molecule has 0 aliphatic rings. The quantitative estimate of drug-likeness (QED) is 0.494. The van der Waals surface area contributed by atoms with E-state index in [1.165, 1.54) is 0 Å². The molecule has 0 unspecified atom stereocenters. The minimum absolute atomic E-state index is 0.0801. The van der Waals surface area contributed by atoms with Crippen LogP contribution in [-0.4, -0.2) is 15.0 Å². The van der Waals surface area contributed by atoms with Gasteiger partial charge in [0, 0.05) is 6.04 Å². The molecular weight excluding hydrogens is 358 g/mol. The molecule has 0 heterocycles. The van der Waals surface area contributed by atoms with Gasteiger partial charge in [-0.25, -0.2) is 8.42 Å². The molecule has 0 atom stereocenters. The average Bonchev–Trinajstić information content (AvgIpc) is 2.69. The summed E-state index contributed by atoms with van der Waals surface area (Å²) < 4.78 is 32.8. The number of hydrogen-bond acceptors (Lipinski definition) is 3. The maximum atomic E-state index is 13.1. The van der Waals surface area contributed by atoms with Crippen molar-refractivity contribution in [3.8, 4) is 17.7 Å². The number of hydrogen-bond donors (Lipinski definition) is 0. The van der Waals surface area contributed by atoms with Crippen LogP contribution in [0.15, 0.2) is 89.8 Å². The molecule has 0 radical (unpaired) electrons. The molecule has 0 aliphatic heterocycles. The van der Waals surface area contributed by atoms with Crippen molar-refractivity contribution in [3.05, 3.63) is 90.5 Å². The molecule has 3 aromatic rings. The average molecular weight is 377 g/mol. The first-order valence-electron chi connectivity index (χ1n) is 8.41. The second-order valence-corrected chi connectivity index (χ2v) is 7.60. The molecule has 136 valence electrons. The smallest absolute Gasteiger partial charge is 0.275 e. The van der Waals surface area contributed by atoms with E-state index in [1.807, 2.05) is 43.3 Å². The molecule has 3 aromatic carbocycles. The summed E-state index contributed by atoms with van der Waals surface area (Å²) in [5.74, 6) is 3.47. The SMILES string of the molecule is Cc1ccc(S(=O)(=O)N(C#CCOc2ccccc2)c2ccccc2)cc1. The molecule has 0 spiro atoms. The number of para-hydroxylation sites is 2. The highest BCUT2D eigenvalue weighted by Gasteiger charge is 2.23. The van der Waals surface area contributed by atoms with Crippen LogP contribution in [0.3, 0.4) is 0 Å². The summed E-state index contributed by atoms with van der Waals surface area (Å²) in [5.41, 5.74) is 1.47. The molecule has 4 nitrogen and oxygen atoms in total. The summed E-state index contributed by atoms with van der Waals surface area (Å²) in [5, 5.41) is 0. The van der Waals surface area contributed by atoms with E-state index in [2.05, 4.69) is 12.0 Å². The highest BCUT2D eigenvalue weighted by atomic mass is 32.2. The Bertz CT molecular complexity index is 1040. The number of nitrogens with zero attached hydrogens (tertiary/aromatic N) is 1. The summed E-state index contributed by atoms with van der Waals surface area (Å²) in [6.45, 7) is 1.99. The van der Waals surface area contributed by atoms with E-state index in [4.69, 9.17) is 4.74 Å². The minimum Gasteiger partial charge on any atom is -0.481 e. The first kappa shape index (κ1) is 18.6. The Kier molecular flexibility index (Phi) is 5.80. The Morgan fingerprint density at radius 2 is 1.44 bits per heavy atom. The van der Waals surface area contributed by atoms with Crippen LogP contribution in [0.2, 0.25) is 0 Å². The summed E-state index contributed by atoms with van der Waals surface area (Å²) >= 11 is 0. The van der Waals surface area contributed by atoms with Gasteiger partial charge >= 0.3 is 0 Å². The molecule has 0 fully saturated rings. The predicted octanol–water partition coefficient (Wildman–Crippen LogP) is 4.23. The van der Waals surface area contributed by atoms with E-state index in [1.54, 1.807) is 48.5 Å². The number of benzene rings is 3. The predicted molar refractivity (Wildman–Crippen MR) is 107 cm³/mol. The largest absolute Gasteiger partial charge is 0.481 e. The lowest BCUT2D eigenvalue weighted by molar-refractivity contribution is 0.370. The van der Waals surface area contributed by atoms with Gasteiger partial charge in [0.05, 0.1) is 10.6 Å². The third kappa shape index (κ3) is 4.69. The standard InChI is InChI=1S/C22H19NO3S/c1-19-13-15-22(16-14-19)27(24,25)23(20-9-4-2-5-10-20)17-8-18-26-21-11-6-3-7-12-21/h2-7,9-16H,18H2,1H3. The Morgan fingerprint density at radius 1 is 0.852 bits per heavy atom. The zero-order valence-electron chi connectivity index (χ0n) is 14.9. The van der Waals surface area contributed by atoms with Crippen LogP contribution in [0.4, 0.5) is 5.69 Å². The third-order valence-corrected chi connectivity index (χ3v) is 5.44. The molecule has 0 saturated heterocycles. The molecule has 5 heteroatoms. The fourth-order valence-corrected chi connectivity index (χ4v) is 3.66. The van der Waals surface area contributed by atoms with Crippen LogP contribution in [-0.2, 0) is 10.0 Å². The highest BCUT2D eigenvalue weighted by Crippen LogP contribution is 2.23. The number of sulfonamides is 1. The van der Waals surface area contributed by atoms with Gasteiger partial charge in [-0.15, -0.1) is 0 Å². The van der Waals surface area contributed by atoms with Crippen molar-refractivity contribution < 1.29 is 13.2 Å². The second-order valence-electron chi connectivity index (χ2n) is 5.81. The Balaban J connectivity index is 1.88. The van der Waals surface area contributed by atoms with Gasteiger partial charge < -0.3 is 4.74 Å². The van der Waals surface area contributed by atoms with Crippen molar-refractivity contribution in [2.24, 2.45) is 0 Å². The molecule has 0 aromatic heterocycles. The third-order valence-electron chi connectivity index (χ3n) is 3.78. The second kappa shape index (κ2) is 8.43. The first-order chi connectivity index (χ1) is 13.1.